The first kappa shape index (κ1) is 18.7. The van der Waals surface area contributed by atoms with Crippen LogP contribution in [0, 0.1) is 0 Å². The highest BCUT2D eigenvalue weighted by molar-refractivity contribution is 7.97. The first-order valence-electron chi connectivity index (χ1n) is 10.4. The Bertz CT molecular complexity index is 753. The van der Waals surface area contributed by atoms with Crippen molar-refractivity contribution in [2.75, 3.05) is 23.7 Å². The minimum Gasteiger partial charge on any atom is -0.399 e. The van der Waals surface area contributed by atoms with Crippen molar-refractivity contribution in [1.82, 2.24) is 4.31 Å². The summed E-state index contributed by atoms with van der Waals surface area (Å²) < 4.78 is 2.61. The molecule has 3 nitrogen and oxygen atoms in total. The van der Waals surface area contributed by atoms with Gasteiger partial charge in [-0.25, -0.2) is 4.31 Å². The van der Waals surface area contributed by atoms with Crippen LogP contribution in [-0.4, -0.2) is 23.4 Å². The summed E-state index contributed by atoms with van der Waals surface area (Å²) in [6.07, 6.45) is 7.84. The lowest BCUT2D eigenvalue weighted by Crippen LogP contribution is -2.29. The molecule has 4 heteroatoms. The molecule has 0 amide bonds. The summed E-state index contributed by atoms with van der Waals surface area (Å²) in [5, 5.41) is 0. The molecule has 2 N–H and O–H groups in total. The Morgan fingerprint density at radius 2 is 1.85 bits per heavy atom. The summed E-state index contributed by atoms with van der Waals surface area (Å²) in [6.45, 7) is 5.57. The van der Waals surface area contributed by atoms with E-state index in [1.807, 2.05) is 24.1 Å². The Morgan fingerprint density at radius 1 is 1.07 bits per heavy atom. The number of fused-ring (bicyclic) bond motifs is 1. The predicted octanol–water partition coefficient (Wildman–Crippen LogP) is 5.49. The van der Waals surface area contributed by atoms with E-state index in [1.54, 1.807) is 0 Å². The zero-order chi connectivity index (χ0) is 18.6. The molecule has 2 aromatic rings. The van der Waals surface area contributed by atoms with E-state index >= 15 is 0 Å². The summed E-state index contributed by atoms with van der Waals surface area (Å²) in [5.74, 6) is 0. The monoisotopic (exact) mass is 381 g/mol. The van der Waals surface area contributed by atoms with Crippen LogP contribution in [0.25, 0.3) is 0 Å². The third-order valence-electron chi connectivity index (χ3n) is 5.91. The topological polar surface area (TPSA) is 32.5 Å². The maximum absolute atomic E-state index is 5.86. The second kappa shape index (κ2) is 8.57. The zero-order valence-corrected chi connectivity index (χ0v) is 17.2. The van der Waals surface area contributed by atoms with Gasteiger partial charge in [-0.1, -0.05) is 25.0 Å². The first-order chi connectivity index (χ1) is 13.2. The third kappa shape index (κ3) is 4.44. The van der Waals surface area contributed by atoms with Gasteiger partial charge in [-0.05, 0) is 86.0 Å². The fraction of sp³-hybridized carbons (Fsp3) is 0.478. The molecule has 1 fully saturated rings. The van der Waals surface area contributed by atoms with Gasteiger partial charge in [-0.3, -0.25) is 0 Å². The van der Waals surface area contributed by atoms with Crippen molar-refractivity contribution in [2.24, 2.45) is 0 Å². The molecular formula is C23H31N3S. The molecule has 0 bridgehead atoms. The third-order valence-corrected chi connectivity index (χ3v) is 7.06. The van der Waals surface area contributed by atoms with Gasteiger partial charge in [0.2, 0.25) is 0 Å². The average Bonchev–Trinajstić information content (AvgIpc) is 3.23. The number of nitrogens with two attached hydrogens (primary N) is 1. The van der Waals surface area contributed by atoms with E-state index in [9.17, 15) is 0 Å². The Labute approximate surface area is 168 Å². The highest BCUT2D eigenvalue weighted by Gasteiger charge is 2.24. The normalized spacial score (nSPS) is 17.5. The molecule has 2 aliphatic rings. The summed E-state index contributed by atoms with van der Waals surface area (Å²) in [5.41, 5.74) is 11.1. The molecule has 27 heavy (non-hydrogen) atoms. The predicted molar refractivity (Wildman–Crippen MR) is 117 cm³/mol. The molecular weight excluding hydrogens is 350 g/mol. The fourth-order valence-corrected chi connectivity index (χ4v) is 5.53. The number of hydrogen-bond donors (Lipinski definition) is 1. The fourth-order valence-electron chi connectivity index (χ4n) is 4.43. The van der Waals surface area contributed by atoms with Gasteiger partial charge in [-0.2, -0.15) is 0 Å². The number of aryl methyl sites for hydroxylation is 1. The van der Waals surface area contributed by atoms with E-state index < -0.39 is 0 Å². The highest BCUT2D eigenvalue weighted by Crippen LogP contribution is 2.35. The van der Waals surface area contributed by atoms with E-state index in [2.05, 4.69) is 46.5 Å². The largest absolute Gasteiger partial charge is 0.399 e. The van der Waals surface area contributed by atoms with E-state index in [4.69, 9.17) is 5.73 Å². The molecule has 0 spiro atoms. The molecule has 144 valence electrons. The number of rotatable bonds is 6. The van der Waals surface area contributed by atoms with Crippen LogP contribution in [0.3, 0.4) is 0 Å². The Morgan fingerprint density at radius 3 is 2.59 bits per heavy atom. The summed E-state index contributed by atoms with van der Waals surface area (Å²) in [7, 11) is 0. The number of benzene rings is 2. The Hall–Kier alpha value is -1.65. The van der Waals surface area contributed by atoms with Crippen molar-refractivity contribution >= 4 is 23.3 Å². The maximum Gasteiger partial charge on any atom is 0.0398 e. The van der Waals surface area contributed by atoms with E-state index in [0.29, 0.717) is 6.04 Å². The lowest BCUT2D eigenvalue weighted by Gasteiger charge is -2.32. The molecule has 0 atom stereocenters. The molecule has 1 aliphatic heterocycles. The van der Waals surface area contributed by atoms with Crippen LogP contribution in [0.4, 0.5) is 11.4 Å². The minimum absolute atomic E-state index is 0.677. The minimum atomic E-state index is 0.677. The van der Waals surface area contributed by atoms with Crippen molar-refractivity contribution in [1.29, 1.82) is 0 Å². The van der Waals surface area contributed by atoms with Crippen LogP contribution < -0.4 is 10.6 Å². The molecule has 0 unspecified atom stereocenters. The summed E-state index contributed by atoms with van der Waals surface area (Å²) >= 11 is 1.90. The van der Waals surface area contributed by atoms with Gasteiger partial charge in [0.15, 0.2) is 0 Å². The highest BCUT2D eigenvalue weighted by atomic mass is 32.2. The molecule has 1 heterocycles. The molecule has 0 saturated heterocycles. The van der Waals surface area contributed by atoms with Gasteiger partial charge in [0, 0.05) is 41.9 Å². The SMILES string of the molecule is CCN1CCCc2cc(CN(Sc3ccc(N)cc3)C3CCCC3)ccc21. The quantitative estimate of drug-likeness (QED) is 0.529. The number of nitrogens with zero attached hydrogens (tertiary/aromatic N) is 2. The van der Waals surface area contributed by atoms with Gasteiger partial charge >= 0.3 is 0 Å². The molecule has 2 aromatic carbocycles. The van der Waals surface area contributed by atoms with Gasteiger partial charge < -0.3 is 10.6 Å². The molecule has 1 aliphatic carbocycles. The van der Waals surface area contributed by atoms with Crippen molar-refractivity contribution in [3.05, 3.63) is 53.6 Å². The summed E-state index contributed by atoms with van der Waals surface area (Å²) in [4.78, 5) is 3.80. The second-order valence-corrected chi connectivity index (χ2v) is 8.94. The molecule has 0 radical (unpaired) electrons. The molecule has 0 aromatic heterocycles. The van der Waals surface area contributed by atoms with Crippen LogP contribution in [0.5, 0.6) is 0 Å². The van der Waals surface area contributed by atoms with Crippen LogP contribution >= 0.6 is 11.9 Å². The van der Waals surface area contributed by atoms with Crippen LogP contribution in [0.1, 0.15) is 50.2 Å². The van der Waals surface area contributed by atoms with E-state index in [1.165, 1.54) is 66.8 Å². The van der Waals surface area contributed by atoms with Crippen LogP contribution in [-0.2, 0) is 13.0 Å². The lowest BCUT2D eigenvalue weighted by molar-refractivity contribution is 0.350. The van der Waals surface area contributed by atoms with Crippen molar-refractivity contribution in [3.63, 3.8) is 0 Å². The van der Waals surface area contributed by atoms with E-state index in [-0.39, 0.29) is 0 Å². The van der Waals surface area contributed by atoms with Crippen molar-refractivity contribution < 1.29 is 0 Å². The molecule has 1 saturated carbocycles. The zero-order valence-electron chi connectivity index (χ0n) is 16.4. The van der Waals surface area contributed by atoms with E-state index in [0.717, 1.165) is 18.8 Å². The smallest absolute Gasteiger partial charge is 0.0398 e. The van der Waals surface area contributed by atoms with Crippen molar-refractivity contribution in [2.45, 2.75) is 62.9 Å². The lowest BCUT2D eigenvalue weighted by atomic mass is 9.99. The Kier molecular flexibility index (Phi) is 5.94. The van der Waals surface area contributed by atoms with Gasteiger partial charge in [0.05, 0.1) is 0 Å². The Balaban J connectivity index is 1.53. The average molecular weight is 382 g/mol. The van der Waals surface area contributed by atoms with Gasteiger partial charge in [-0.15, -0.1) is 0 Å². The maximum atomic E-state index is 5.86. The number of nitrogen functional groups attached to an aromatic ring is 1. The standard InChI is InChI=1S/C23H31N3S/c1-2-25-15-5-6-19-16-18(9-14-23(19)25)17-26(21-7-3-4-8-21)27-22-12-10-20(24)11-13-22/h9-14,16,21H,2-8,15,17,24H2,1H3. The number of hydrogen-bond acceptors (Lipinski definition) is 4. The first-order valence-corrected chi connectivity index (χ1v) is 11.2. The van der Waals surface area contributed by atoms with Crippen LogP contribution in [0.15, 0.2) is 47.4 Å². The molecule has 4 rings (SSSR count). The van der Waals surface area contributed by atoms with Crippen molar-refractivity contribution in [3.8, 4) is 0 Å². The van der Waals surface area contributed by atoms with Crippen LogP contribution in [0.2, 0.25) is 0 Å². The second-order valence-electron chi connectivity index (χ2n) is 7.82. The van der Waals surface area contributed by atoms with Gasteiger partial charge in [0.1, 0.15) is 0 Å². The van der Waals surface area contributed by atoms with Gasteiger partial charge in [0.25, 0.3) is 0 Å². The number of anilines is 2. The summed E-state index contributed by atoms with van der Waals surface area (Å²) in [6, 6.07) is 16.1.